The van der Waals surface area contributed by atoms with Crippen molar-refractivity contribution in [1.29, 1.82) is 0 Å². The molecular weight excluding hydrogens is 290 g/mol. The molecule has 0 atom stereocenters. The van der Waals surface area contributed by atoms with E-state index in [1.165, 1.54) is 0 Å². The van der Waals surface area contributed by atoms with Crippen molar-refractivity contribution in [1.82, 2.24) is 5.32 Å². The van der Waals surface area contributed by atoms with Gasteiger partial charge in [-0.05, 0) is 18.9 Å². The second-order valence-corrected chi connectivity index (χ2v) is 5.82. The van der Waals surface area contributed by atoms with Crippen molar-refractivity contribution in [2.24, 2.45) is 5.14 Å². The normalized spacial score (nSPS) is 11.7. The van der Waals surface area contributed by atoms with E-state index in [1.807, 2.05) is 13.8 Å². The van der Waals surface area contributed by atoms with E-state index in [1.54, 1.807) is 0 Å². The Balaban J connectivity index is 3.22. The molecule has 0 saturated carbocycles. The first kappa shape index (κ1) is 16.5. The predicted octanol–water partition coefficient (Wildman–Crippen LogP) is 1.53. The molecule has 0 unspecified atom stereocenters. The van der Waals surface area contributed by atoms with E-state index in [0.717, 1.165) is 0 Å². The van der Waals surface area contributed by atoms with Crippen LogP contribution in [0.3, 0.4) is 0 Å². The number of primary sulfonamides is 1. The van der Waals surface area contributed by atoms with Crippen LogP contribution in [0, 0.1) is 11.6 Å². The average Bonchev–Trinajstić information content (AvgIpc) is 2.33. The Morgan fingerprint density at radius 2 is 1.80 bits per heavy atom. The van der Waals surface area contributed by atoms with Crippen molar-refractivity contribution in [3.63, 3.8) is 0 Å². The maximum Gasteiger partial charge on any atom is 0.254 e. The lowest BCUT2D eigenvalue weighted by atomic mass is 10.1. The number of hydrogen-bond acceptors (Lipinski definition) is 3. The summed E-state index contributed by atoms with van der Waals surface area (Å²) in [4.78, 5) is 11.0. The van der Waals surface area contributed by atoms with Gasteiger partial charge in [-0.3, -0.25) is 4.79 Å². The minimum atomic E-state index is -4.37. The van der Waals surface area contributed by atoms with E-state index in [4.69, 9.17) is 5.14 Å². The molecule has 5 nitrogen and oxygen atoms in total. The highest BCUT2D eigenvalue weighted by atomic mass is 32.2. The number of carbonyl (C=O) groups excluding carboxylic acids is 1. The molecule has 20 heavy (non-hydrogen) atoms. The van der Waals surface area contributed by atoms with Gasteiger partial charge in [0.15, 0.2) is 0 Å². The topological polar surface area (TPSA) is 89.3 Å². The molecule has 8 heteroatoms. The minimum Gasteiger partial charge on any atom is -0.349 e. The minimum absolute atomic E-state index is 0.176. The molecule has 0 radical (unpaired) electrons. The van der Waals surface area contributed by atoms with Crippen LogP contribution in [0.1, 0.15) is 37.0 Å². The third-order valence-electron chi connectivity index (χ3n) is 2.89. The van der Waals surface area contributed by atoms with E-state index in [2.05, 4.69) is 5.32 Å². The second-order valence-electron chi connectivity index (χ2n) is 4.29. The van der Waals surface area contributed by atoms with Gasteiger partial charge in [0.25, 0.3) is 5.91 Å². The van der Waals surface area contributed by atoms with E-state index < -0.39 is 38.0 Å². The predicted molar refractivity (Wildman–Crippen MR) is 69.6 cm³/mol. The summed E-state index contributed by atoms with van der Waals surface area (Å²) in [6.45, 7) is 3.68. The number of carbonyl (C=O) groups is 1. The van der Waals surface area contributed by atoms with Gasteiger partial charge in [0, 0.05) is 12.1 Å². The zero-order chi connectivity index (χ0) is 15.5. The Kier molecular flexibility index (Phi) is 5.18. The van der Waals surface area contributed by atoms with Crippen molar-refractivity contribution in [3.05, 3.63) is 29.3 Å². The molecule has 0 aromatic heterocycles. The largest absolute Gasteiger partial charge is 0.349 e. The molecule has 0 spiro atoms. The molecule has 1 rings (SSSR count). The van der Waals surface area contributed by atoms with Crippen molar-refractivity contribution < 1.29 is 22.0 Å². The SMILES string of the molecule is CCC(CC)NC(=O)c1cc(S(N)(=O)=O)c(F)cc1F. The van der Waals surface area contributed by atoms with Gasteiger partial charge < -0.3 is 5.32 Å². The Morgan fingerprint density at radius 3 is 2.25 bits per heavy atom. The van der Waals surface area contributed by atoms with Gasteiger partial charge in [-0.25, -0.2) is 22.3 Å². The molecule has 112 valence electrons. The lowest BCUT2D eigenvalue weighted by Crippen LogP contribution is -2.34. The van der Waals surface area contributed by atoms with Gasteiger partial charge in [0.2, 0.25) is 10.0 Å². The van der Waals surface area contributed by atoms with Crippen LogP contribution in [0.2, 0.25) is 0 Å². The standard InChI is InChI=1S/C12H16F2N2O3S/c1-3-7(4-2)16-12(17)8-5-11(20(15,18)19)10(14)6-9(8)13/h5-7H,3-4H2,1-2H3,(H,16,17)(H2,15,18,19). The summed E-state index contributed by atoms with van der Waals surface area (Å²) in [5.41, 5.74) is -0.553. The maximum atomic E-state index is 13.6. The third kappa shape index (κ3) is 3.73. The summed E-state index contributed by atoms with van der Waals surface area (Å²) in [6, 6.07) is 0.768. The summed E-state index contributed by atoms with van der Waals surface area (Å²) in [7, 11) is -4.37. The third-order valence-corrected chi connectivity index (χ3v) is 3.82. The molecule has 0 aliphatic heterocycles. The summed E-state index contributed by atoms with van der Waals surface area (Å²) < 4.78 is 49.3. The van der Waals surface area contributed by atoms with Crippen LogP contribution < -0.4 is 10.5 Å². The molecule has 0 bridgehead atoms. The fourth-order valence-corrected chi connectivity index (χ4v) is 2.29. The maximum absolute atomic E-state index is 13.6. The summed E-state index contributed by atoms with van der Waals surface area (Å²) >= 11 is 0. The van der Waals surface area contributed by atoms with Crippen molar-refractivity contribution in [3.8, 4) is 0 Å². The lowest BCUT2D eigenvalue weighted by Gasteiger charge is -2.15. The summed E-state index contributed by atoms with van der Waals surface area (Å²) in [6.07, 6.45) is 1.26. The molecule has 1 aromatic carbocycles. The Hall–Kier alpha value is -1.54. The molecule has 0 heterocycles. The van der Waals surface area contributed by atoms with Crippen LogP contribution in [0.15, 0.2) is 17.0 Å². The monoisotopic (exact) mass is 306 g/mol. The number of nitrogens with two attached hydrogens (primary N) is 1. The Morgan fingerprint density at radius 1 is 1.25 bits per heavy atom. The van der Waals surface area contributed by atoms with E-state index in [0.29, 0.717) is 25.0 Å². The fraction of sp³-hybridized carbons (Fsp3) is 0.417. The second kappa shape index (κ2) is 6.27. The Labute approximate surface area is 116 Å². The van der Waals surface area contributed by atoms with Gasteiger partial charge in [-0.2, -0.15) is 0 Å². The van der Waals surface area contributed by atoms with Crippen LogP contribution in [0.5, 0.6) is 0 Å². The number of amides is 1. The number of sulfonamides is 1. The highest BCUT2D eigenvalue weighted by Crippen LogP contribution is 2.18. The van der Waals surface area contributed by atoms with Gasteiger partial charge >= 0.3 is 0 Å². The summed E-state index contributed by atoms with van der Waals surface area (Å²) in [5, 5.41) is 7.34. The fourth-order valence-electron chi connectivity index (χ4n) is 1.68. The van der Waals surface area contributed by atoms with Gasteiger partial charge in [-0.1, -0.05) is 13.8 Å². The molecule has 0 aliphatic carbocycles. The van der Waals surface area contributed by atoms with E-state index in [9.17, 15) is 22.0 Å². The molecule has 1 amide bonds. The van der Waals surface area contributed by atoms with E-state index in [-0.39, 0.29) is 6.04 Å². The lowest BCUT2D eigenvalue weighted by molar-refractivity contribution is 0.0930. The van der Waals surface area contributed by atoms with Crippen LogP contribution in [0.25, 0.3) is 0 Å². The quantitative estimate of drug-likeness (QED) is 0.864. The van der Waals surface area contributed by atoms with Crippen LogP contribution in [-0.4, -0.2) is 20.4 Å². The zero-order valence-corrected chi connectivity index (χ0v) is 11.9. The van der Waals surface area contributed by atoms with E-state index >= 15 is 0 Å². The van der Waals surface area contributed by atoms with Gasteiger partial charge in [0.1, 0.15) is 16.5 Å². The van der Waals surface area contributed by atoms with Crippen molar-refractivity contribution in [2.45, 2.75) is 37.6 Å². The number of hydrogen-bond donors (Lipinski definition) is 2. The number of benzene rings is 1. The zero-order valence-electron chi connectivity index (χ0n) is 11.1. The van der Waals surface area contributed by atoms with Gasteiger partial charge in [-0.15, -0.1) is 0 Å². The molecule has 0 saturated heterocycles. The van der Waals surface area contributed by atoms with Crippen molar-refractivity contribution in [2.75, 3.05) is 0 Å². The van der Waals surface area contributed by atoms with Gasteiger partial charge in [0.05, 0.1) is 5.56 Å². The van der Waals surface area contributed by atoms with Crippen molar-refractivity contribution >= 4 is 15.9 Å². The van der Waals surface area contributed by atoms with Crippen LogP contribution in [-0.2, 0) is 10.0 Å². The molecule has 1 aromatic rings. The van der Waals surface area contributed by atoms with Crippen LogP contribution >= 0.6 is 0 Å². The number of halogens is 2. The molecular formula is C12H16F2N2O3S. The molecule has 0 aliphatic rings. The first-order valence-electron chi connectivity index (χ1n) is 6.03. The first-order chi connectivity index (χ1) is 9.20. The summed E-state index contributed by atoms with van der Waals surface area (Å²) in [5.74, 6) is -3.27. The molecule has 3 N–H and O–H groups in total. The smallest absolute Gasteiger partial charge is 0.254 e. The average molecular weight is 306 g/mol. The first-order valence-corrected chi connectivity index (χ1v) is 7.58. The number of rotatable bonds is 5. The highest BCUT2D eigenvalue weighted by Gasteiger charge is 2.22. The highest BCUT2D eigenvalue weighted by molar-refractivity contribution is 7.89. The number of nitrogens with one attached hydrogen (secondary N) is 1. The van der Waals surface area contributed by atoms with Crippen LogP contribution in [0.4, 0.5) is 8.78 Å². The molecule has 0 fully saturated rings. The Bertz CT molecular complexity index is 613.